The van der Waals surface area contributed by atoms with Gasteiger partial charge in [0.25, 0.3) is 0 Å². The Morgan fingerprint density at radius 3 is 2.37 bits per heavy atom. The Bertz CT molecular complexity index is 412. The van der Waals surface area contributed by atoms with Crippen LogP contribution in [-0.4, -0.2) is 18.3 Å². The van der Waals surface area contributed by atoms with Crippen LogP contribution in [0.25, 0.3) is 0 Å². The third-order valence-electron chi connectivity index (χ3n) is 6.68. The van der Waals surface area contributed by atoms with E-state index >= 15 is 0 Å². The van der Waals surface area contributed by atoms with Crippen molar-refractivity contribution in [1.29, 1.82) is 0 Å². The molecule has 104 valence electrons. The highest BCUT2D eigenvalue weighted by molar-refractivity contribution is 6.47. The highest BCUT2D eigenvalue weighted by Gasteiger charge is 2.61. The third-order valence-corrected chi connectivity index (χ3v) is 6.68. The van der Waals surface area contributed by atoms with E-state index in [-0.39, 0.29) is 18.3 Å². The summed E-state index contributed by atoms with van der Waals surface area (Å²) in [5.74, 6) is 4.12. The molecule has 3 fully saturated rings. The van der Waals surface area contributed by atoms with Crippen LogP contribution in [0.2, 0.25) is 5.82 Å². The molecule has 5 unspecified atom stereocenters. The minimum absolute atomic E-state index is 0.0231. The molecule has 1 heterocycles. The quantitative estimate of drug-likeness (QED) is 0.529. The van der Waals surface area contributed by atoms with Crippen molar-refractivity contribution >= 4 is 7.12 Å². The highest BCUT2D eigenvalue weighted by Crippen LogP contribution is 2.63. The van der Waals surface area contributed by atoms with E-state index in [0.717, 1.165) is 23.7 Å². The van der Waals surface area contributed by atoms with Crippen LogP contribution in [0.3, 0.4) is 0 Å². The van der Waals surface area contributed by atoms with E-state index in [1.807, 2.05) is 0 Å². The lowest BCUT2D eigenvalue weighted by molar-refractivity contribution is 0.00578. The van der Waals surface area contributed by atoms with Gasteiger partial charge in [-0.05, 0) is 76.4 Å². The van der Waals surface area contributed by atoms with Crippen molar-refractivity contribution in [2.24, 2.45) is 23.7 Å². The molecule has 19 heavy (non-hydrogen) atoms. The molecule has 5 atom stereocenters. The summed E-state index contributed by atoms with van der Waals surface area (Å²) in [7, 11) is 0.0231. The van der Waals surface area contributed by atoms with E-state index in [1.54, 1.807) is 0 Å². The molecule has 2 bridgehead atoms. The number of allylic oxidation sites excluding steroid dienone is 2. The van der Waals surface area contributed by atoms with Crippen LogP contribution in [0.4, 0.5) is 0 Å². The first-order valence-electron chi connectivity index (χ1n) is 7.91. The molecule has 2 nitrogen and oxygen atoms in total. The molecule has 0 aromatic carbocycles. The Labute approximate surface area is 117 Å². The molecule has 1 saturated heterocycles. The fourth-order valence-electron chi connectivity index (χ4n) is 4.97. The molecule has 2 saturated carbocycles. The molecule has 0 N–H and O–H groups in total. The summed E-state index contributed by atoms with van der Waals surface area (Å²) in [6, 6.07) is 0. The molecule has 4 aliphatic rings. The zero-order valence-corrected chi connectivity index (χ0v) is 12.6. The Balaban J connectivity index is 1.55. The zero-order valence-electron chi connectivity index (χ0n) is 12.6. The molecule has 0 amide bonds. The van der Waals surface area contributed by atoms with Crippen LogP contribution in [0.1, 0.15) is 47.0 Å². The van der Waals surface area contributed by atoms with Crippen LogP contribution in [0, 0.1) is 23.7 Å². The van der Waals surface area contributed by atoms with E-state index in [2.05, 4.69) is 39.8 Å². The SMILES string of the molecule is CC1(C)OB(C2CC3CC2C2C=CCC32)OC1(C)C. The van der Waals surface area contributed by atoms with E-state index < -0.39 is 0 Å². The summed E-state index contributed by atoms with van der Waals surface area (Å²) < 4.78 is 12.6. The number of rotatable bonds is 1. The third kappa shape index (κ3) is 1.58. The first kappa shape index (κ1) is 12.5. The maximum absolute atomic E-state index is 6.30. The standard InChI is InChI=1S/C16H25BO2/c1-15(2)16(3,4)19-17(18-15)14-9-10-8-13(14)12-7-5-6-11(10)12/h5,7,10-14H,6,8-9H2,1-4H3. The molecule has 3 aliphatic carbocycles. The van der Waals surface area contributed by atoms with Gasteiger partial charge >= 0.3 is 7.12 Å². The monoisotopic (exact) mass is 260 g/mol. The summed E-state index contributed by atoms with van der Waals surface area (Å²) in [6.45, 7) is 8.66. The first-order chi connectivity index (χ1) is 8.89. The Hall–Kier alpha value is -0.275. The number of hydrogen-bond acceptors (Lipinski definition) is 2. The van der Waals surface area contributed by atoms with E-state index in [9.17, 15) is 0 Å². The van der Waals surface area contributed by atoms with Crippen molar-refractivity contribution in [1.82, 2.24) is 0 Å². The lowest BCUT2D eigenvalue weighted by Gasteiger charge is -2.32. The normalized spacial score (nSPS) is 49.1. The zero-order chi connectivity index (χ0) is 13.4. The average Bonchev–Trinajstić information content (AvgIpc) is 3.01. The topological polar surface area (TPSA) is 18.5 Å². The molecule has 0 aromatic rings. The average molecular weight is 260 g/mol. The lowest BCUT2D eigenvalue weighted by atomic mass is 9.59. The molecule has 1 aliphatic heterocycles. The predicted octanol–water partition coefficient (Wildman–Crippen LogP) is 3.68. The van der Waals surface area contributed by atoms with Crippen molar-refractivity contribution in [3.05, 3.63) is 12.2 Å². The Morgan fingerprint density at radius 2 is 1.68 bits per heavy atom. The van der Waals surface area contributed by atoms with Gasteiger partial charge < -0.3 is 9.31 Å². The van der Waals surface area contributed by atoms with Gasteiger partial charge in [-0.3, -0.25) is 0 Å². The van der Waals surface area contributed by atoms with Crippen molar-refractivity contribution in [2.75, 3.05) is 0 Å². The van der Waals surface area contributed by atoms with Gasteiger partial charge in [-0.1, -0.05) is 12.2 Å². The van der Waals surface area contributed by atoms with Gasteiger partial charge in [0.1, 0.15) is 0 Å². The number of hydrogen-bond donors (Lipinski definition) is 0. The molecular weight excluding hydrogens is 235 g/mol. The predicted molar refractivity (Wildman–Crippen MR) is 76.8 cm³/mol. The van der Waals surface area contributed by atoms with E-state index in [0.29, 0.717) is 5.82 Å². The van der Waals surface area contributed by atoms with Crippen LogP contribution < -0.4 is 0 Å². The van der Waals surface area contributed by atoms with Crippen LogP contribution >= 0.6 is 0 Å². The molecular formula is C16H25BO2. The molecule has 0 radical (unpaired) electrons. The largest absolute Gasteiger partial charge is 0.461 e. The summed E-state index contributed by atoms with van der Waals surface area (Å²) in [4.78, 5) is 0. The van der Waals surface area contributed by atoms with Crippen LogP contribution in [0.15, 0.2) is 12.2 Å². The maximum Gasteiger partial charge on any atom is 0.461 e. The van der Waals surface area contributed by atoms with Gasteiger partial charge in [0.2, 0.25) is 0 Å². The summed E-state index contributed by atoms with van der Waals surface area (Å²) in [5, 5.41) is 0. The number of fused-ring (bicyclic) bond motifs is 5. The van der Waals surface area contributed by atoms with Gasteiger partial charge in [0, 0.05) is 0 Å². The Morgan fingerprint density at radius 1 is 1.00 bits per heavy atom. The molecule has 0 aromatic heterocycles. The van der Waals surface area contributed by atoms with Crippen molar-refractivity contribution in [3.8, 4) is 0 Å². The summed E-state index contributed by atoms with van der Waals surface area (Å²) in [6.07, 6.45) is 8.94. The summed E-state index contributed by atoms with van der Waals surface area (Å²) in [5.41, 5.74) is -0.352. The molecule has 4 rings (SSSR count). The molecule has 0 spiro atoms. The minimum atomic E-state index is -0.176. The fraction of sp³-hybridized carbons (Fsp3) is 0.875. The van der Waals surface area contributed by atoms with Crippen molar-refractivity contribution < 1.29 is 9.31 Å². The second kappa shape index (κ2) is 3.68. The maximum atomic E-state index is 6.30. The van der Waals surface area contributed by atoms with Crippen LogP contribution in [0.5, 0.6) is 0 Å². The van der Waals surface area contributed by atoms with E-state index in [4.69, 9.17) is 9.31 Å². The fourth-order valence-corrected chi connectivity index (χ4v) is 4.97. The van der Waals surface area contributed by atoms with E-state index in [1.165, 1.54) is 19.3 Å². The van der Waals surface area contributed by atoms with Crippen molar-refractivity contribution in [2.45, 2.75) is 64.0 Å². The van der Waals surface area contributed by atoms with Gasteiger partial charge in [-0.25, -0.2) is 0 Å². The second-order valence-corrected chi connectivity index (χ2v) is 8.09. The molecule has 3 heteroatoms. The Kier molecular flexibility index (Phi) is 2.41. The van der Waals surface area contributed by atoms with Gasteiger partial charge in [0.15, 0.2) is 0 Å². The lowest BCUT2D eigenvalue weighted by Crippen LogP contribution is -2.41. The second-order valence-electron chi connectivity index (χ2n) is 8.09. The van der Waals surface area contributed by atoms with Crippen LogP contribution in [-0.2, 0) is 9.31 Å². The first-order valence-corrected chi connectivity index (χ1v) is 7.91. The minimum Gasteiger partial charge on any atom is -0.403 e. The summed E-state index contributed by atoms with van der Waals surface area (Å²) >= 11 is 0. The highest BCUT2D eigenvalue weighted by atomic mass is 16.7. The van der Waals surface area contributed by atoms with Gasteiger partial charge in [-0.15, -0.1) is 0 Å². The van der Waals surface area contributed by atoms with Gasteiger partial charge in [0.05, 0.1) is 11.2 Å². The smallest absolute Gasteiger partial charge is 0.403 e. The van der Waals surface area contributed by atoms with Gasteiger partial charge in [-0.2, -0.15) is 0 Å². The van der Waals surface area contributed by atoms with Crippen molar-refractivity contribution in [3.63, 3.8) is 0 Å².